The molecule has 2 aromatic rings. The molecule has 0 bridgehead atoms. The quantitative estimate of drug-likeness (QED) is 0.931. The molecule has 0 aliphatic carbocycles. The highest BCUT2D eigenvalue weighted by atomic mass is 35.5. The second-order valence-electron chi connectivity index (χ2n) is 4.97. The number of rotatable bonds is 4. The molecule has 0 unspecified atom stereocenters. The van der Waals surface area contributed by atoms with Crippen LogP contribution in [0.3, 0.4) is 0 Å². The topological polar surface area (TPSA) is 40.8 Å². The van der Waals surface area contributed by atoms with Gasteiger partial charge >= 0.3 is 0 Å². The molecule has 3 nitrogen and oxygen atoms in total. The van der Waals surface area contributed by atoms with E-state index in [2.05, 4.69) is 18.3 Å². The second-order valence-corrected chi connectivity index (χ2v) is 5.40. The first-order valence-electron chi connectivity index (χ1n) is 6.57. The van der Waals surface area contributed by atoms with Gasteiger partial charge in [-0.05, 0) is 43.2 Å². The second kappa shape index (κ2) is 6.13. The molecule has 0 fully saturated rings. The van der Waals surface area contributed by atoms with Gasteiger partial charge in [-0.2, -0.15) is 5.26 Å². The molecule has 0 aliphatic rings. The molecule has 4 heteroatoms. The van der Waals surface area contributed by atoms with Gasteiger partial charge in [0, 0.05) is 30.4 Å². The van der Waals surface area contributed by atoms with Crippen LogP contribution in [0.4, 0.5) is 0 Å². The predicted molar refractivity (Wildman–Crippen MR) is 81.6 cm³/mol. The van der Waals surface area contributed by atoms with Gasteiger partial charge in [-0.15, -0.1) is 0 Å². The summed E-state index contributed by atoms with van der Waals surface area (Å²) < 4.78 is 1.92. The molecule has 1 N–H and O–H groups in total. The van der Waals surface area contributed by atoms with Crippen molar-refractivity contribution in [1.82, 2.24) is 9.88 Å². The highest BCUT2D eigenvalue weighted by Gasteiger charge is 2.10. The maximum absolute atomic E-state index is 9.03. The largest absolute Gasteiger partial charge is 0.340 e. The van der Waals surface area contributed by atoms with E-state index in [0.717, 1.165) is 22.8 Å². The highest BCUT2D eigenvalue weighted by molar-refractivity contribution is 6.30. The van der Waals surface area contributed by atoms with Gasteiger partial charge in [-0.3, -0.25) is 0 Å². The summed E-state index contributed by atoms with van der Waals surface area (Å²) in [7, 11) is 1.92. The molecule has 0 radical (unpaired) electrons. The number of benzene rings is 1. The highest BCUT2D eigenvalue weighted by Crippen LogP contribution is 2.18. The average molecular weight is 288 g/mol. The lowest BCUT2D eigenvalue weighted by Crippen LogP contribution is -2.18. The Morgan fingerprint density at radius 1 is 1.35 bits per heavy atom. The van der Waals surface area contributed by atoms with Crippen molar-refractivity contribution >= 4 is 11.6 Å². The Balaban J connectivity index is 2.05. The number of halogens is 1. The maximum Gasteiger partial charge on any atom is 0.120 e. The van der Waals surface area contributed by atoms with Gasteiger partial charge in [0.2, 0.25) is 0 Å². The Labute approximate surface area is 124 Å². The number of aromatic nitrogens is 1. The van der Waals surface area contributed by atoms with Crippen LogP contribution in [-0.4, -0.2) is 4.57 Å². The van der Waals surface area contributed by atoms with Crippen LogP contribution in [0.1, 0.15) is 35.5 Å². The van der Waals surface area contributed by atoms with E-state index in [0.29, 0.717) is 5.69 Å². The zero-order valence-corrected chi connectivity index (χ0v) is 12.7. The van der Waals surface area contributed by atoms with E-state index in [-0.39, 0.29) is 6.04 Å². The van der Waals surface area contributed by atoms with Crippen molar-refractivity contribution in [3.8, 4) is 6.07 Å². The van der Waals surface area contributed by atoms with E-state index in [1.54, 1.807) is 0 Å². The van der Waals surface area contributed by atoms with Crippen molar-refractivity contribution in [2.24, 2.45) is 7.05 Å². The fraction of sp³-hybridized carbons (Fsp3) is 0.312. The van der Waals surface area contributed by atoms with Gasteiger partial charge in [0.1, 0.15) is 11.8 Å². The fourth-order valence-electron chi connectivity index (χ4n) is 2.18. The number of nitrogens with one attached hydrogen (secondary N) is 1. The summed E-state index contributed by atoms with van der Waals surface area (Å²) in [6.07, 6.45) is 0. The Kier molecular flexibility index (Phi) is 4.49. The van der Waals surface area contributed by atoms with E-state index < -0.39 is 0 Å². The van der Waals surface area contributed by atoms with Crippen molar-refractivity contribution in [3.63, 3.8) is 0 Å². The van der Waals surface area contributed by atoms with Gasteiger partial charge in [0.25, 0.3) is 0 Å². The third-order valence-electron chi connectivity index (χ3n) is 3.72. The molecule has 20 heavy (non-hydrogen) atoms. The molecule has 2 rings (SSSR count). The van der Waals surface area contributed by atoms with E-state index in [9.17, 15) is 0 Å². The Morgan fingerprint density at radius 3 is 2.55 bits per heavy atom. The molecule has 0 saturated heterocycles. The monoisotopic (exact) mass is 287 g/mol. The maximum atomic E-state index is 9.03. The van der Waals surface area contributed by atoms with E-state index in [4.69, 9.17) is 16.9 Å². The fourth-order valence-corrected chi connectivity index (χ4v) is 2.31. The van der Waals surface area contributed by atoms with Crippen LogP contribution in [-0.2, 0) is 13.6 Å². The number of hydrogen-bond acceptors (Lipinski definition) is 2. The van der Waals surface area contributed by atoms with Gasteiger partial charge in [0.05, 0.1) is 0 Å². The van der Waals surface area contributed by atoms with Gasteiger partial charge in [0.15, 0.2) is 0 Å². The van der Waals surface area contributed by atoms with Crippen LogP contribution in [0, 0.1) is 18.3 Å². The summed E-state index contributed by atoms with van der Waals surface area (Å²) >= 11 is 5.89. The van der Waals surface area contributed by atoms with Crippen molar-refractivity contribution < 1.29 is 0 Å². The third kappa shape index (κ3) is 3.04. The molecule has 1 atom stereocenters. The molecule has 0 spiro atoms. The first-order valence-corrected chi connectivity index (χ1v) is 6.95. The van der Waals surface area contributed by atoms with Crippen molar-refractivity contribution in [1.29, 1.82) is 5.26 Å². The summed E-state index contributed by atoms with van der Waals surface area (Å²) in [6.45, 7) is 4.89. The van der Waals surface area contributed by atoms with Crippen LogP contribution in [0.15, 0.2) is 30.3 Å². The van der Waals surface area contributed by atoms with E-state index in [1.807, 2.05) is 48.9 Å². The molecule has 1 aromatic heterocycles. The molecule has 0 amide bonds. The lowest BCUT2D eigenvalue weighted by molar-refractivity contribution is 0.572. The molecule has 1 aromatic carbocycles. The van der Waals surface area contributed by atoms with Crippen molar-refractivity contribution in [2.75, 3.05) is 0 Å². The standard InChI is InChI=1S/C16H18ClN3/c1-11(13-4-6-15(17)7-5-13)19-10-14-8-16(9-18)20(3)12(14)2/h4-8,11,19H,10H2,1-3H3/t11-/m0/s1. The summed E-state index contributed by atoms with van der Waals surface area (Å²) in [5, 5.41) is 13.3. The normalized spacial score (nSPS) is 12.2. The summed E-state index contributed by atoms with van der Waals surface area (Å²) in [5.41, 5.74) is 4.17. The zero-order chi connectivity index (χ0) is 14.7. The van der Waals surface area contributed by atoms with Gasteiger partial charge in [-0.25, -0.2) is 0 Å². The van der Waals surface area contributed by atoms with Crippen molar-refractivity contribution in [3.05, 3.63) is 57.9 Å². The smallest absolute Gasteiger partial charge is 0.120 e. The zero-order valence-electron chi connectivity index (χ0n) is 11.9. The van der Waals surface area contributed by atoms with Crippen molar-refractivity contribution in [2.45, 2.75) is 26.4 Å². The molecular weight excluding hydrogens is 270 g/mol. The number of nitriles is 1. The molecule has 1 heterocycles. The Bertz CT molecular complexity index is 635. The van der Waals surface area contributed by atoms with Crippen LogP contribution in [0.25, 0.3) is 0 Å². The third-order valence-corrected chi connectivity index (χ3v) is 3.98. The molecule has 0 aliphatic heterocycles. The first kappa shape index (κ1) is 14.6. The predicted octanol–water partition coefficient (Wildman–Crippen LogP) is 3.71. The Morgan fingerprint density at radius 2 is 2.00 bits per heavy atom. The number of hydrogen-bond donors (Lipinski definition) is 1. The van der Waals surface area contributed by atoms with E-state index >= 15 is 0 Å². The SMILES string of the molecule is Cc1c(CN[C@@H](C)c2ccc(Cl)cc2)cc(C#N)n1C. The lowest BCUT2D eigenvalue weighted by atomic mass is 10.1. The summed E-state index contributed by atoms with van der Waals surface area (Å²) in [5.74, 6) is 0. The van der Waals surface area contributed by atoms with Gasteiger partial charge in [-0.1, -0.05) is 23.7 Å². The Hall–Kier alpha value is -1.76. The molecule has 0 saturated carbocycles. The van der Waals surface area contributed by atoms with Crippen LogP contribution in [0.2, 0.25) is 5.02 Å². The minimum Gasteiger partial charge on any atom is -0.340 e. The minimum atomic E-state index is 0.234. The average Bonchev–Trinajstić information content (AvgIpc) is 2.73. The van der Waals surface area contributed by atoms with Crippen LogP contribution < -0.4 is 5.32 Å². The minimum absolute atomic E-state index is 0.234. The first-order chi connectivity index (χ1) is 9.52. The van der Waals surface area contributed by atoms with Gasteiger partial charge < -0.3 is 9.88 Å². The molecule has 104 valence electrons. The summed E-state index contributed by atoms with van der Waals surface area (Å²) in [6, 6.07) is 12.2. The summed E-state index contributed by atoms with van der Waals surface area (Å²) in [4.78, 5) is 0. The van der Waals surface area contributed by atoms with Crippen LogP contribution in [0.5, 0.6) is 0 Å². The lowest BCUT2D eigenvalue weighted by Gasteiger charge is -2.14. The molecular formula is C16H18ClN3. The number of nitrogens with zero attached hydrogens (tertiary/aromatic N) is 2. The van der Waals surface area contributed by atoms with Crippen LogP contribution >= 0.6 is 11.6 Å². The van der Waals surface area contributed by atoms with E-state index in [1.165, 1.54) is 5.56 Å².